The monoisotopic (exact) mass is 532 g/mol. The lowest BCUT2D eigenvalue weighted by Crippen LogP contribution is -2.41. The van der Waals surface area contributed by atoms with Crippen molar-refractivity contribution in [2.24, 2.45) is 10.1 Å². The minimum absolute atomic E-state index is 0.0984. The SMILES string of the molecule is CCCCCCCCCCCCOC(=O)/C(=N/O)C1=NCC(CCC)(Cc2ccccc2)c2c(C)cccc21. The van der Waals surface area contributed by atoms with E-state index in [1.807, 2.05) is 18.2 Å². The number of ether oxygens (including phenoxy) is 1. The molecule has 0 saturated carbocycles. The topological polar surface area (TPSA) is 71.2 Å². The number of nitrogens with zero attached hydrogens (tertiary/aromatic N) is 2. The number of hydrogen-bond acceptors (Lipinski definition) is 5. The highest BCUT2D eigenvalue weighted by Gasteiger charge is 2.40. The Morgan fingerprint density at radius 3 is 2.21 bits per heavy atom. The quantitative estimate of drug-likeness (QED) is 0.0731. The van der Waals surface area contributed by atoms with Crippen LogP contribution < -0.4 is 0 Å². The zero-order valence-corrected chi connectivity index (χ0v) is 24.4. The molecule has 39 heavy (non-hydrogen) atoms. The summed E-state index contributed by atoms with van der Waals surface area (Å²) >= 11 is 0. The third kappa shape index (κ3) is 8.52. The van der Waals surface area contributed by atoms with E-state index in [2.05, 4.69) is 56.3 Å². The summed E-state index contributed by atoms with van der Waals surface area (Å²) in [5.74, 6) is -0.606. The fourth-order valence-corrected chi connectivity index (χ4v) is 6.08. The molecule has 2 aromatic carbocycles. The summed E-state index contributed by atoms with van der Waals surface area (Å²) in [5.41, 5.74) is 4.66. The maximum absolute atomic E-state index is 13.0. The number of oxime groups is 1. The van der Waals surface area contributed by atoms with Crippen LogP contribution in [0.25, 0.3) is 0 Å². The molecule has 0 aliphatic carbocycles. The molecule has 0 saturated heterocycles. The number of fused-ring (bicyclic) bond motifs is 1. The van der Waals surface area contributed by atoms with E-state index < -0.39 is 5.97 Å². The van der Waals surface area contributed by atoms with Crippen LogP contribution >= 0.6 is 0 Å². The van der Waals surface area contributed by atoms with Crippen molar-refractivity contribution in [2.75, 3.05) is 13.2 Å². The maximum atomic E-state index is 13.0. The molecule has 1 aliphatic rings. The molecule has 1 N–H and O–H groups in total. The average molecular weight is 533 g/mol. The number of hydrogen-bond donors (Lipinski definition) is 1. The predicted molar refractivity (Wildman–Crippen MR) is 161 cm³/mol. The highest BCUT2D eigenvalue weighted by atomic mass is 16.5. The summed E-state index contributed by atoms with van der Waals surface area (Å²) in [4.78, 5) is 17.9. The van der Waals surface area contributed by atoms with Gasteiger partial charge in [0.2, 0.25) is 5.71 Å². The molecular formula is C34H48N2O3. The Hall–Kier alpha value is -2.95. The molecule has 0 bridgehead atoms. The van der Waals surface area contributed by atoms with Crippen LogP contribution in [0, 0.1) is 6.92 Å². The third-order valence-corrected chi connectivity index (χ3v) is 7.96. The van der Waals surface area contributed by atoms with Gasteiger partial charge in [-0.25, -0.2) is 4.79 Å². The number of carbonyl (C=O) groups is 1. The molecule has 2 aromatic rings. The van der Waals surface area contributed by atoms with Gasteiger partial charge < -0.3 is 9.94 Å². The van der Waals surface area contributed by atoms with E-state index in [0.717, 1.165) is 44.1 Å². The molecule has 0 spiro atoms. The molecule has 3 rings (SSSR count). The van der Waals surface area contributed by atoms with Gasteiger partial charge in [-0.1, -0.05) is 132 Å². The van der Waals surface area contributed by atoms with Crippen molar-refractivity contribution >= 4 is 17.4 Å². The third-order valence-electron chi connectivity index (χ3n) is 7.96. The zero-order valence-electron chi connectivity index (χ0n) is 24.4. The van der Waals surface area contributed by atoms with Crippen molar-refractivity contribution in [1.82, 2.24) is 0 Å². The maximum Gasteiger partial charge on any atom is 0.362 e. The van der Waals surface area contributed by atoms with E-state index in [1.165, 1.54) is 61.6 Å². The molecule has 5 heteroatoms. The van der Waals surface area contributed by atoms with E-state index in [1.54, 1.807) is 0 Å². The summed E-state index contributed by atoms with van der Waals surface area (Å²) in [6, 6.07) is 16.6. The number of esters is 1. The fraction of sp³-hybridized carbons (Fsp3) is 0.559. The highest BCUT2D eigenvalue weighted by molar-refractivity contribution is 6.69. The van der Waals surface area contributed by atoms with Gasteiger partial charge in [-0.2, -0.15) is 0 Å². The Labute approximate surface area is 235 Å². The van der Waals surface area contributed by atoms with E-state index in [9.17, 15) is 10.0 Å². The van der Waals surface area contributed by atoms with Gasteiger partial charge in [0.1, 0.15) is 5.71 Å². The average Bonchev–Trinajstić information content (AvgIpc) is 2.94. The van der Waals surface area contributed by atoms with Crippen LogP contribution in [0.5, 0.6) is 0 Å². The lowest BCUT2D eigenvalue weighted by atomic mass is 9.67. The van der Waals surface area contributed by atoms with Crippen LogP contribution in [0.3, 0.4) is 0 Å². The first kappa shape index (κ1) is 30.6. The van der Waals surface area contributed by atoms with Gasteiger partial charge >= 0.3 is 5.97 Å². The van der Waals surface area contributed by atoms with Gasteiger partial charge in [-0.05, 0) is 42.9 Å². The number of unbranched alkanes of at least 4 members (excludes halogenated alkanes) is 9. The number of aryl methyl sites for hydroxylation is 1. The first-order valence-corrected chi connectivity index (χ1v) is 15.1. The van der Waals surface area contributed by atoms with Crippen molar-refractivity contribution in [3.05, 3.63) is 70.8 Å². The molecule has 1 unspecified atom stereocenters. The molecule has 212 valence electrons. The second kappa shape index (κ2) is 16.2. The van der Waals surface area contributed by atoms with E-state index in [-0.39, 0.29) is 11.1 Å². The predicted octanol–water partition coefficient (Wildman–Crippen LogP) is 8.37. The van der Waals surface area contributed by atoms with Crippen LogP contribution in [0.15, 0.2) is 58.7 Å². The number of benzene rings is 2. The lowest BCUT2D eigenvalue weighted by molar-refractivity contribution is -0.135. The van der Waals surface area contributed by atoms with Crippen molar-refractivity contribution in [3.63, 3.8) is 0 Å². The molecule has 5 nitrogen and oxygen atoms in total. The molecule has 0 fully saturated rings. The van der Waals surface area contributed by atoms with Crippen molar-refractivity contribution in [2.45, 2.75) is 110 Å². The minimum Gasteiger partial charge on any atom is -0.461 e. The van der Waals surface area contributed by atoms with Crippen molar-refractivity contribution in [1.29, 1.82) is 0 Å². The Bertz CT molecular complexity index is 1090. The fourth-order valence-electron chi connectivity index (χ4n) is 6.08. The van der Waals surface area contributed by atoms with Gasteiger partial charge in [0, 0.05) is 17.5 Å². The van der Waals surface area contributed by atoms with Crippen LogP contribution in [0.4, 0.5) is 0 Å². The van der Waals surface area contributed by atoms with Crippen molar-refractivity contribution < 1.29 is 14.7 Å². The smallest absolute Gasteiger partial charge is 0.362 e. The molecule has 0 radical (unpaired) electrons. The summed E-state index contributed by atoms with van der Waals surface area (Å²) in [5, 5.41) is 13.3. The molecule has 1 heterocycles. The molecule has 0 aromatic heterocycles. The van der Waals surface area contributed by atoms with Crippen LogP contribution in [0.1, 0.15) is 113 Å². The Kier molecular flexibility index (Phi) is 12.7. The summed E-state index contributed by atoms with van der Waals surface area (Å²) in [6.07, 6.45) is 15.0. The Morgan fingerprint density at radius 2 is 1.56 bits per heavy atom. The summed E-state index contributed by atoms with van der Waals surface area (Å²) in [6.45, 7) is 7.44. The van der Waals surface area contributed by atoms with E-state index in [0.29, 0.717) is 18.9 Å². The number of carbonyl (C=O) groups excluding carboxylic acids is 1. The van der Waals surface area contributed by atoms with E-state index >= 15 is 0 Å². The molecule has 0 amide bonds. The molecule has 1 aliphatic heterocycles. The van der Waals surface area contributed by atoms with E-state index in [4.69, 9.17) is 9.73 Å². The van der Waals surface area contributed by atoms with Gasteiger partial charge in [-0.15, -0.1) is 0 Å². The first-order chi connectivity index (χ1) is 19.1. The summed E-state index contributed by atoms with van der Waals surface area (Å²) in [7, 11) is 0. The normalized spacial score (nSPS) is 17.0. The first-order valence-electron chi connectivity index (χ1n) is 15.1. The standard InChI is InChI=1S/C34H48N2O3/c1-4-6-7-8-9-10-11-12-13-17-24-39-33(37)32(36-38)31-29-22-18-19-27(3)30(29)34(23-5-2,26-35-31)25-28-20-15-14-16-21-28/h14-16,18-22,38H,4-13,17,23-26H2,1-3H3/b36-32+. The van der Waals surface area contributed by atoms with Gasteiger partial charge in [0.15, 0.2) is 0 Å². The molecular weight excluding hydrogens is 484 g/mol. The Balaban J connectivity index is 1.63. The largest absolute Gasteiger partial charge is 0.461 e. The van der Waals surface area contributed by atoms with Crippen molar-refractivity contribution in [3.8, 4) is 0 Å². The highest BCUT2D eigenvalue weighted by Crippen LogP contribution is 2.41. The lowest BCUT2D eigenvalue weighted by Gasteiger charge is -2.39. The number of aliphatic imine (C=N–C) groups is 1. The zero-order chi connectivity index (χ0) is 27.9. The van der Waals surface area contributed by atoms with Gasteiger partial charge in [0.25, 0.3) is 0 Å². The van der Waals surface area contributed by atoms with Gasteiger partial charge in [0.05, 0.1) is 6.61 Å². The second-order valence-electron chi connectivity index (χ2n) is 11.1. The Morgan fingerprint density at radius 1 is 0.897 bits per heavy atom. The second-order valence-corrected chi connectivity index (χ2v) is 11.1. The van der Waals surface area contributed by atoms with Crippen LogP contribution in [-0.4, -0.2) is 35.8 Å². The van der Waals surface area contributed by atoms with Crippen LogP contribution in [-0.2, 0) is 21.4 Å². The minimum atomic E-state index is -0.606. The number of rotatable bonds is 17. The summed E-state index contributed by atoms with van der Waals surface area (Å²) < 4.78 is 5.55. The van der Waals surface area contributed by atoms with Gasteiger partial charge in [-0.3, -0.25) is 4.99 Å². The molecule has 1 atom stereocenters. The van der Waals surface area contributed by atoms with Crippen LogP contribution in [0.2, 0.25) is 0 Å².